The first-order valence-electron chi connectivity index (χ1n) is 10.6. The molecule has 2 aromatic rings. The average Bonchev–Trinajstić information content (AvgIpc) is 3.33. The predicted octanol–water partition coefficient (Wildman–Crippen LogP) is 2.73. The first-order chi connectivity index (χ1) is 15.6. The molecular formula is C23H29N3O6S. The van der Waals surface area contributed by atoms with E-state index in [4.69, 9.17) is 9.47 Å². The van der Waals surface area contributed by atoms with Crippen LogP contribution in [0.3, 0.4) is 0 Å². The molecule has 1 aliphatic rings. The summed E-state index contributed by atoms with van der Waals surface area (Å²) in [4.78, 5) is 27.7. The maximum Gasteiger partial charge on any atom is 0.341 e. The lowest BCUT2D eigenvalue weighted by atomic mass is 10.1. The molecule has 0 radical (unpaired) electrons. The van der Waals surface area contributed by atoms with Gasteiger partial charge in [-0.2, -0.15) is 0 Å². The van der Waals surface area contributed by atoms with Gasteiger partial charge in [-0.1, -0.05) is 12.1 Å². The topological polar surface area (TPSA) is 105 Å². The number of para-hydroxylation sites is 2. The molecule has 0 aliphatic carbocycles. The lowest BCUT2D eigenvalue weighted by molar-refractivity contribution is -0.123. The van der Waals surface area contributed by atoms with Crippen molar-refractivity contribution in [1.82, 2.24) is 4.31 Å². The average molecular weight is 476 g/mol. The van der Waals surface area contributed by atoms with Crippen molar-refractivity contribution in [3.8, 4) is 5.75 Å². The Morgan fingerprint density at radius 2 is 1.76 bits per heavy atom. The van der Waals surface area contributed by atoms with Crippen LogP contribution in [-0.2, 0) is 19.6 Å². The molecule has 9 nitrogen and oxygen atoms in total. The van der Waals surface area contributed by atoms with Gasteiger partial charge in [-0.15, -0.1) is 0 Å². The van der Waals surface area contributed by atoms with Crippen LogP contribution >= 0.6 is 0 Å². The molecule has 1 atom stereocenters. The van der Waals surface area contributed by atoms with Crippen molar-refractivity contribution in [1.29, 1.82) is 0 Å². The van der Waals surface area contributed by atoms with Gasteiger partial charge < -0.3 is 19.7 Å². The number of carbonyl (C=O) groups excluding carboxylic acids is 2. The predicted molar refractivity (Wildman–Crippen MR) is 125 cm³/mol. The van der Waals surface area contributed by atoms with Crippen LogP contribution in [0.25, 0.3) is 0 Å². The van der Waals surface area contributed by atoms with Crippen molar-refractivity contribution >= 4 is 33.3 Å². The van der Waals surface area contributed by atoms with Gasteiger partial charge in [-0.25, -0.2) is 17.5 Å². The van der Waals surface area contributed by atoms with E-state index in [-0.39, 0.29) is 10.5 Å². The Kier molecular flexibility index (Phi) is 7.60. The van der Waals surface area contributed by atoms with Crippen LogP contribution in [0, 0.1) is 0 Å². The van der Waals surface area contributed by atoms with Crippen LogP contribution in [0.2, 0.25) is 0 Å². The molecule has 0 unspecified atom stereocenters. The van der Waals surface area contributed by atoms with Gasteiger partial charge in [-0.05, 0) is 50.1 Å². The van der Waals surface area contributed by atoms with Gasteiger partial charge in [0.2, 0.25) is 10.0 Å². The van der Waals surface area contributed by atoms with Crippen LogP contribution in [0.15, 0.2) is 47.4 Å². The van der Waals surface area contributed by atoms with Gasteiger partial charge >= 0.3 is 5.97 Å². The molecule has 178 valence electrons. The molecule has 0 spiro atoms. The zero-order chi connectivity index (χ0) is 24.2. The van der Waals surface area contributed by atoms with E-state index in [0.29, 0.717) is 17.1 Å². The van der Waals surface area contributed by atoms with Crippen LogP contribution in [0.4, 0.5) is 11.4 Å². The lowest BCUT2D eigenvalue weighted by Gasteiger charge is -2.23. The van der Waals surface area contributed by atoms with Crippen molar-refractivity contribution < 1.29 is 27.5 Å². The highest BCUT2D eigenvalue weighted by atomic mass is 32.2. The Hall–Kier alpha value is -3.11. The zero-order valence-electron chi connectivity index (χ0n) is 19.2. The number of benzene rings is 2. The monoisotopic (exact) mass is 475 g/mol. The maximum absolute atomic E-state index is 13.1. The first kappa shape index (κ1) is 24.5. The Labute approximate surface area is 194 Å². The molecule has 0 bridgehead atoms. The molecule has 2 aromatic carbocycles. The molecule has 1 saturated heterocycles. The summed E-state index contributed by atoms with van der Waals surface area (Å²) in [6.07, 6.45) is 0.830. The molecular weight excluding hydrogens is 446 g/mol. The van der Waals surface area contributed by atoms with Crippen LogP contribution in [0.1, 0.15) is 30.1 Å². The molecule has 33 heavy (non-hydrogen) atoms. The normalized spacial score (nSPS) is 14.8. The lowest BCUT2D eigenvalue weighted by Crippen LogP contribution is -2.31. The SMILES string of the molecule is COc1ccccc1NC(=O)[C@@H](C)OC(=O)c1cc(S(=O)(=O)N(C)C)ccc1N1CCCC1. The number of nitrogens with zero attached hydrogens (tertiary/aromatic N) is 2. The summed E-state index contributed by atoms with van der Waals surface area (Å²) in [7, 11) is 0.582. The highest BCUT2D eigenvalue weighted by molar-refractivity contribution is 7.89. The molecule has 1 fully saturated rings. The Bertz CT molecular complexity index is 1130. The van der Waals surface area contributed by atoms with Gasteiger partial charge in [0.25, 0.3) is 5.91 Å². The third-order valence-corrected chi connectivity index (χ3v) is 7.24. The van der Waals surface area contributed by atoms with Gasteiger partial charge in [-0.3, -0.25) is 4.79 Å². The van der Waals surface area contributed by atoms with Crippen molar-refractivity contribution in [2.24, 2.45) is 0 Å². The number of hydrogen-bond donors (Lipinski definition) is 1. The highest BCUT2D eigenvalue weighted by Gasteiger charge is 2.27. The van der Waals surface area contributed by atoms with E-state index in [1.165, 1.54) is 40.3 Å². The smallest absolute Gasteiger partial charge is 0.341 e. The van der Waals surface area contributed by atoms with E-state index in [0.717, 1.165) is 30.2 Å². The van der Waals surface area contributed by atoms with Crippen molar-refractivity contribution in [2.45, 2.75) is 30.8 Å². The minimum Gasteiger partial charge on any atom is -0.495 e. The van der Waals surface area contributed by atoms with E-state index in [1.54, 1.807) is 30.3 Å². The number of sulfonamides is 1. The number of carbonyl (C=O) groups is 2. The molecule has 3 rings (SSSR count). The van der Waals surface area contributed by atoms with Gasteiger partial charge in [0.1, 0.15) is 5.75 Å². The molecule has 1 heterocycles. The molecule has 10 heteroatoms. The Morgan fingerprint density at radius 3 is 2.39 bits per heavy atom. The number of amides is 1. The molecule has 1 amide bonds. The minimum absolute atomic E-state index is 0.0199. The standard InChI is InChI=1S/C23H29N3O6S/c1-16(22(27)24-19-9-5-6-10-21(19)31-4)32-23(28)18-15-17(33(29,30)25(2)3)11-12-20(18)26-13-7-8-14-26/h5-6,9-12,15-16H,7-8,13-14H2,1-4H3,(H,24,27)/t16-/m1/s1. The number of anilines is 2. The number of hydrogen-bond acceptors (Lipinski definition) is 7. The van der Waals surface area contributed by atoms with E-state index >= 15 is 0 Å². The van der Waals surface area contributed by atoms with E-state index in [1.807, 2.05) is 4.90 Å². The molecule has 1 N–H and O–H groups in total. The molecule has 1 aliphatic heterocycles. The summed E-state index contributed by atoms with van der Waals surface area (Å²) in [5, 5.41) is 2.68. The fourth-order valence-electron chi connectivity index (χ4n) is 3.54. The van der Waals surface area contributed by atoms with Gasteiger partial charge in [0, 0.05) is 27.2 Å². The minimum atomic E-state index is -3.75. The van der Waals surface area contributed by atoms with Crippen LogP contribution < -0.4 is 15.0 Å². The Balaban J connectivity index is 1.85. The van der Waals surface area contributed by atoms with Gasteiger partial charge in [0.05, 0.1) is 28.9 Å². The van der Waals surface area contributed by atoms with E-state index in [9.17, 15) is 18.0 Å². The number of ether oxygens (including phenoxy) is 2. The largest absolute Gasteiger partial charge is 0.495 e. The summed E-state index contributed by atoms with van der Waals surface area (Å²) >= 11 is 0. The summed E-state index contributed by atoms with van der Waals surface area (Å²) < 4.78 is 37.0. The number of esters is 1. The van der Waals surface area contributed by atoms with E-state index < -0.39 is 28.0 Å². The fraction of sp³-hybridized carbons (Fsp3) is 0.391. The maximum atomic E-state index is 13.1. The number of rotatable bonds is 8. The third-order valence-electron chi connectivity index (χ3n) is 5.43. The summed E-state index contributed by atoms with van der Waals surface area (Å²) in [5.74, 6) is -0.828. The zero-order valence-corrected chi connectivity index (χ0v) is 20.0. The third kappa shape index (κ3) is 5.45. The van der Waals surface area contributed by atoms with Crippen molar-refractivity contribution in [3.05, 3.63) is 48.0 Å². The second-order valence-electron chi connectivity index (χ2n) is 7.90. The first-order valence-corrected chi connectivity index (χ1v) is 12.1. The molecule has 0 saturated carbocycles. The van der Waals surface area contributed by atoms with Crippen LogP contribution in [-0.4, -0.2) is 65.0 Å². The fourth-order valence-corrected chi connectivity index (χ4v) is 4.47. The quantitative estimate of drug-likeness (QED) is 0.585. The number of nitrogens with one attached hydrogen (secondary N) is 1. The summed E-state index contributed by atoms with van der Waals surface area (Å²) in [6, 6.07) is 11.3. The second kappa shape index (κ2) is 10.2. The summed E-state index contributed by atoms with van der Waals surface area (Å²) in [5.41, 5.74) is 1.15. The van der Waals surface area contributed by atoms with Gasteiger partial charge in [0.15, 0.2) is 6.10 Å². The second-order valence-corrected chi connectivity index (χ2v) is 10.0. The Morgan fingerprint density at radius 1 is 1.09 bits per heavy atom. The van der Waals surface area contributed by atoms with Crippen molar-refractivity contribution in [3.63, 3.8) is 0 Å². The molecule has 0 aromatic heterocycles. The van der Waals surface area contributed by atoms with Crippen LogP contribution in [0.5, 0.6) is 5.75 Å². The summed E-state index contributed by atoms with van der Waals surface area (Å²) in [6.45, 7) is 2.96. The number of methoxy groups -OCH3 is 1. The van der Waals surface area contributed by atoms with E-state index in [2.05, 4.69) is 5.32 Å². The highest BCUT2D eigenvalue weighted by Crippen LogP contribution is 2.29. The van der Waals surface area contributed by atoms with Crippen molar-refractivity contribution in [2.75, 3.05) is 44.5 Å².